The molecule has 5 nitrogen and oxygen atoms in total. The summed E-state index contributed by atoms with van der Waals surface area (Å²) in [6.07, 6.45) is 3.29. The molecule has 168 valence electrons. The Kier molecular flexibility index (Phi) is 6.89. The maximum absolute atomic E-state index is 14.7. The van der Waals surface area contributed by atoms with Gasteiger partial charge in [-0.15, -0.1) is 10.2 Å². The molecule has 2 aromatic carbocycles. The van der Waals surface area contributed by atoms with Crippen LogP contribution in [-0.4, -0.2) is 32.5 Å². The average Bonchev–Trinajstić information content (AvgIpc) is 3.20. The first-order chi connectivity index (χ1) is 15.4. The van der Waals surface area contributed by atoms with Gasteiger partial charge in [0.1, 0.15) is 11.6 Å². The standard InChI is InChI=1S/C24H26F2N4OS/c1-15-7-6-10-20(16(15)2)27-22(31)14-32-24-29-28-23(17-8-4-3-5-9-17)30(24)21-12-11-18(25)13-19(21)26/h3-5,8-9,11-13,15-16,20H,6-7,10,14H2,1-2H3,(H,27,31)/t15-,16+,20-/m1/s1. The Hall–Kier alpha value is -2.74. The molecule has 0 radical (unpaired) electrons. The van der Waals surface area contributed by atoms with Crippen LogP contribution in [0, 0.1) is 23.5 Å². The highest BCUT2D eigenvalue weighted by Gasteiger charge is 2.28. The van der Waals surface area contributed by atoms with Crippen LogP contribution in [0.2, 0.25) is 0 Å². The largest absolute Gasteiger partial charge is 0.352 e. The zero-order valence-electron chi connectivity index (χ0n) is 18.1. The van der Waals surface area contributed by atoms with Gasteiger partial charge in [0.05, 0.1) is 11.4 Å². The molecule has 1 aliphatic carbocycles. The first kappa shape index (κ1) is 22.5. The summed E-state index contributed by atoms with van der Waals surface area (Å²) in [5.74, 6) is 0.0975. The molecule has 1 aromatic heterocycles. The molecule has 1 saturated carbocycles. The Morgan fingerprint density at radius 3 is 2.66 bits per heavy atom. The summed E-state index contributed by atoms with van der Waals surface area (Å²) in [5, 5.41) is 12.0. The fraction of sp³-hybridized carbons (Fsp3) is 0.375. The molecule has 0 aliphatic heterocycles. The zero-order valence-corrected chi connectivity index (χ0v) is 18.9. The maximum Gasteiger partial charge on any atom is 0.230 e. The van der Waals surface area contributed by atoms with E-state index >= 15 is 0 Å². The van der Waals surface area contributed by atoms with Gasteiger partial charge in [-0.1, -0.05) is 68.8 Å². The van der Waals surface area contributed by atoms with Crippen LogP contribution in [0.5, 0.6) is 0 Å². The highest BCUT2D eigenvalue weighted by molar-refractivity contribution is 7.99. The average molecular weight is 457 g/mol. The van der Waals surface area contributed by atoms with Crippen LogP contribution in [0.15, 0.2) is 53.7 Å². The van der Waals surface area contributed by atoms with Crippen LogP contribution in [0.4, 0.5) is 8.78 Å². The van der Waals surface area contributed by atoms with Crippen molar-refractivity contribution in [2.45, 2.75) is 44.3 Å². The van der Waals surface area contributed by atoms with Crippen molar-refractivity contribution in [3.05, 3.63) is 60.2 Å². The lowest BCUT2D eigenvalue weighted by molar-refractivity contribution is -0.120. The Balaban J connectivity index is 1.57. The molecule has 0 bridgehead atoms. The molecule has 0 unspecified atom stereocenters. The summed E-state index contributed by atoms with van der Waals surface area (Å²) in [6.45, 7) is 4.41. The van der Waals surface area contributed by atoms with Crippen molar-refractivity contribution in [3.63, 3.8) is 0 Å². The minimum Gasteiger partial charge on any atom is -0.352 e. The van der Waals surface area contributed by atoms with E-state index in [9.17, 15) is 13.6 Å². The van der Waals surface area contributed by atoms with E-state index in [1.54, 1.807) is 0 Å². The lowest BCUT2D eigenvalue weighted by atomic mass is 9.78. The first-order valence-corrected chi connectivity index (χ1v) is 11.8. The van der Waals surface area contributed by atoms with Gasteiger partial charge < -0.3 is 5.32 Å². The Morgan fingerprint density at radius 1 is 1.12 bits per heavy atom. The number of rotatable bonds is 6. The van der Waals surface area contributed by atoms with E-state index in [2.05, 4.69) is 29.4 Å². The van der Waals surface area contributed by atoms with Crippen molar-refractivity contribution in [1.82, 2.24) is 20.1 Å². The van der Waals surface area contributed by atoms with Crippen molar-refractivity contribution < 1.29 is 13.6 Å². The topological polar surface area (TPSA) is 59.8 Å². The van der Waals surface area contributed by atoms with E-state index in [1.165, 1.54) is 34.9 Å². The lowest BCUT2D eigenvalue weighted by Gasteiger charge is -2.34. The SMILES string of the molecule is C[C@H]1[C@H](C)CCC[C@H]1NC(=O)CSc1nnc(-c2ccccc2)n1-c1ccc(F)cc1F. The highest BCUT2D eigenvalue weighted by atomic mass is 32.2. The Morgan fingerprint density at radius 2 is 1.91 bits per heavy atom. The molecule has 1 fully saturated rings. The van der Waals surface area contributed by atoms with Crippen molar-refractivity contribution in [1.29, 1.82) is 0 Å². The number of carbonyl (C=O) groups excluding carboxylic acids is 1. The van der Waals surface area contributed by atoms with Crippen molar-refractivity contribution in [2.24, 2.45) is 11.8 Å². The van der Waals surface area contributed by atoms with E-state index in [1.807, 2.05) is 30.3 Å². The van der Waals surface area contributed by atoms with Crippen molar-refractivity contribution in [3.8, 4) is 17.1 Å². The number of amides is 1. The summed E-state index contributed by atoms with van der Waals surface area (Å²) in [7, 11) is 0. The molecule has 3 aromatic rings. The number of hydrogen-bond donors (Lipinski definition) is 1. The van der Waals surface area contributed by atoms with Gasteiger partial charge in [-0.05, 0) is 30.4 Å². The summed E-state index contributed by atoms with van der Waals surface area (Å²) in [6, 6.07) is 12.8. The van der Waals surface area contributed by atoms with Gasteiger partial charge in [-0.25, -0.2) is 8.78 Å². The number of nitrogens with one attached hydrogen (secondary N) is 1. The van der Waals surface area contributed by atoms with E-state index in [-0.39, 0.29) is 23.4 Å². The second-order valence-electron chi connectivity index (χ2n) is 8.33. The van der Waals surface area contributed by atoms with Gasteiger partial charge in [0.2, 0.25) is 5.91 Å². The predicted octanol–water partition coefficient (Wildman–Crippen LogP) is 5.25. The smallest absolute Gasteiger partial charge is 0.230 e. The van der Waals surface area contributed by atoms with Crippen LogP contribution in [0.3, 0.4) is 0 Å². The van der Waals surface area contributed by atoms with E-state index in [4.69, 9.17) is 0 Å². The Labute approximate surface area is 190 Å². The number of hydrogen-bond acceptors (Lipinski definition) is 4. The molecule has 1 amide bonds. The number of carbonyl (C=O) groups is 1. The summed E-state index contributed by atoms with van der Waals surface area (Å²) in [5.41, 5.74) is 0.873. The number of nitrogens with zero attached hydrogens (tertiary/aromatic N) is 3. The fourth-order valence-corrected chi connectivity index (χ4v) is 4.94. The molecule has 4 rings (SSSR count). The second kappa shape index (κ2) is 9.81. The first-order valence-electron chi connectivity index (χ1n) is 10.8. The van der Waals surface area contributed by atoms with Crippen molar-refractivity contribution in [2.75, 3.05) is 5.75 Å². The fourth-order valence-electron chi connectivity index (χ4n) is 4.18. The summed E-state index contributed by atoms with van der Waals surface area (Å²) in [4.78, 5) is 12.7. The number of halogens is 2. The van der Waals surface area contributed by atoms with Crippen LogP contribution < -0.4 is 5.32 Å². The third-order valence-corrected chi connectivity index (χ3v) is 7.13. The molecule has 1 aliphatic rings. The van der Waals surface area contributed by atoms with Gasteiger partial charge in [-0.2, -0.15) is 0 Å². The van der Waals surface area contributed by atoms with Gasteiger partial charge >= 0.3 is 0 Å². The van der Waals surface area contributed by atoms with Crippen LogP contribution in [0.25, 0.3) is 17.1 Å². The zero-order chi connectivity index (χ0) is 22.7. The third-order valence-electron chi connectivity index (χ3n) is 6.20. The Bertz CT molecular complexity index is 1090. The molecule has 0 spiro atoms. The molecule has 0 saturated heterocycles. The van der Waals surface area contributed by atoms with E-state index < -0.39 is 11.6 Å². The van der Waals surface area contributed by atoms with Gasteiger partial charge in [0.15, 0.2) is 11.0 Å². The summed E-state index contributed by atoms with van der Waals surface area (Å²) < 4.78 is 29.7. The number of thioether (sulfide) groups is 1. The second-order valence-corrected chi connectivity index (χ2v) is 9.28. The number of aromatic nitrogens is 3. The molecular formula is C24H26F2N4OS. The minimum atomic E-state index is -0.724. The van der Waals surface area contributed by atoms with Crippen molar-refractivity contribution >= 4 is 17.7 Å². The van der Waals surface area contributed by atoms with Crippen LogP contribution in [-0.2, 0) is 4.79 Å². The number of benzene rings is 2. The minimum absolute atomic E-state index is 0.0867. The quantitative estimate of drug-likeness (QED) is 0.515. The lowest BCUT2D eigenvalue weighted by Crippen LogP contribution is -2.44. The molecule has 3 atom stereocenters. The highest BCUT2D eigenvalue weighted by Crippen LogP contribution is 2.31. The summed E-state index contributed by atoms with van der Waals surface area (Å²) >= 11 is 1.19. The molecule has 32 heavy (non-hydrogen) atoms. The van der Waals surface area contributed by atoms with Crippen LogP contribution >= 0.6 is 11.8 Å². The third kappa shape index (κ3) is 4.85. The monoisotopic (exact) mass is 456 g/mol. The molecular weight excluding hydrogens is 430 g/mol. The van der Waals surface area contributed by atoms with Gasteiger partial charge in [-0.3, -0.25) is 9.36 Å². The van der Waals surface area contributed by atoms with Gasteiger partial charge in [0.25, 0.3) is 0 Å². The predicted molar refractivity (Wildman–Crippen MR) is 122 cm³/mol. The van der Waals surface area contributed by atoms with E-state index in [0.29, 0.717) is 22.8 Å². The normalized spacial score (nSPS) is 20.8. The molecule has 8 heteroatoms. The molecule has 1 N–H and O–H groups in total. The molecule has 1 heterocycles. The maximum atomic E-state index is 14.7. The van der Waals surface area contributed by atoms with Crippen LogP contribution in [0.1, 0.15) is 33.1 Å². The van der Waals surface area contributed by atoms with E-state index in [0.717, 1.165) is 24.5 Å². The van der Waals surface area contributed by atoms with Gasteiger partial charge in [0, 0.05) is 17.7 Å².